The zero-order valence-corrected chi connectivity index (χ0v) is 27.1. The maximum atomic E-state index is 13.2. The van der Waals surface area contributed by atoms with Gasteiger partial charge in [-0.3, -0.25) is 57.7 Å². The molecule has 1 aromatic carbocycles. The van der Waals surface area contributed by atoms with E-state index in [0.29, 0.717) is 25.7 Å². The Labute approximate surface area is 287 Å². The predicted molar refractivity (Wildman–Crippen MR) is 175 cm³/mol. The van der Waals surface area contributed by atoms with Crippen molar-refractivity contribution in [1.82, 2.24) is 35.0 Å². The number of piperidine rings is 1. The molecule has 3 aromatic rings. The van der Waals surface area contributed by atoms with Crippen LogP contribution in [0.25, 0.3) is 11.0 Å². The largest absolute Gasteiger partial charge is 0.483 e. The number of unbranched alkanes of at least 4 members (excludes halogenated alkanes) is 1. The molecular formula is C32H33N9O10. The van der Waals surface area contributed by atoms with Crippen molar-refractivity contribution < 1.29 is 38.3 Å². The Morgan fingerprint density at radius 1 is 0.961 bits per heavy atom. The molecule has 2 aromatic heterocycles. The molecular weight excluding hydrogens is 670 g/mol. The second-order valence-electron chi connectivity index (χ2n) is 12.3. The van der Waals surface area contributed by atoms with E-state index in [4.69, 9.17) is 16.2 Å². The number of hydrogen-bond acceptors (Lipinski definition) is 12. The molecule has 266 valence electrons. The number of carbonyl (C=O) groups is 7. The van der Waals surface area contributed by atoms with Crippen molar-refractivity contribution in [2.24, 2.45) is 5.73 Å². The van der Waals surface area contributed by atoms with Gasteiger partial charge < -0.3 is 26.8 Å². The van der Waals surface area contributed by atoms with E-state index in [1.807, 2.05) is 0 Å². The minimum absolute atomic E-state index is 0.00109. The summed E-state index contributed by atoms with van der Waals surface area (Å²) < 4.78 is 7.64. The molecule has 2 aliphatic heterocycles. The van der Waals surface area contributed by atoms with Gasteiger partial charge in [-0.25, -0.2) is 9.78 Å². The number of benzene rings is 1. The Morgan fingerprint density at radius 3 is 2.33 bits per heavy atom. The number of fused-ring (bicyclic) bond motifs is 2. The molecule has 0 bridgehead atoms. The molecule has 19 nitrogen and oxygen atoms in total. The van der Waals surface area contributed by atoms with Crippen LogP contribution in [-0.2, 0) is 25.7 Å². The molecule has 1 aliphatic carbocycles. The lowest BCUT2D eigenvalue weighted by Crippen LogP contribution is -2.54. The van der Waals surface area contributed by atoms with Crippen LogP contribution in [0.4, 0.5) is 5.82 Å². The summed E-state index contributed by atoms with van der Waals surface area (Å²) in [5.74, 6) is -4.94. The van der Waals surface area contributed by atoms with Crippen molar-refractivity contribution in [2.45, 2.75) is 57.2 Å². The molecule has 0 radical (unpaired) electrons. The average Bonchev–Trinajstić information content (AvgIpc) is 3.89. The average molecular weight is 704 g/mol. The normalized spacial score (nSPS) is 16.9. The number of anilines is 1. The van der Waals surface area contributed by atoms with Gasteiger partial charge in [-0.15, -0.1) is 0 Å². The fraction of sp³-hybridized carbons (Fsp3) is 0.375. The molecule has 7 N–H and O–H groups in total. The third-order valence-corrected chi connectivity index (χ3v) is 8.69. The van der Waals surface area contributed by atoms with Crippen LogP contribution in [0.5, 0.6) is 5.75 Å². The number of rotatable bonds is 13. The Kier molecular flexibility index (Phi) is 9.35. The second-order valence-corrected chi connectivity index (χ2v) is 12.3. The molecule has 51 heavy (non-hydrogen) atoms. The number of carbonyl (C=O) groups excluding carboxylic acids is 7. The highest BCUT2D eigenvalue weighted by molar-refractivity contribution is 6.24. The van der Waals surface area contributed by atoms with Gasteiger partial charge in [0.05, 0.1) is 22.1 Å². The number of nitrogens with two attached hydrogens (primary N) is 2. The monoisotopic (exact) mass is 703 g/mol. The molecule has 4 heterocycles. The number of nitrogens with one attached hydrogen (secondary N) is 3. The highest BCUT2D eigenvalue weighted by atomic mass is 16.5. The zero-order chi connectivity index (χ0) is 36.6. The first-order chi connectivity index (χ1) is 24.4. The van der Waals surface area contributed by atoms with E-state index < -0.39 is 71.8 Å². The van der Waals surface area contributed by atoms with Gasteiger partial charge in [0, 0.05) is 25.6 Å². The van der Waals surface area contributed by atoms with Crippen LogP contribution >= 0.6 is 0 Å². The van der Waals surface area contributed by atoms with Crippen LogP contribution in [0.15, 0.2) is 33.9 Å². The van der Waals surface area contributed by atoms with Crippen LogP contribution in [0.3, 0.4) is 0 Å². The van der Waals surface area contributed by atoms with Gasteiger partial charge >= 0.3 is 5.69 Å². The standard InChI is InChI=1S/C32H33N9O10/c33-25-17(26(34)45)12-18-27(38-25)40(15-6-7-15)32(50)39(29(18)47)13-22(43)35-10-1-2-11-36-23(44)14-51-20-5-3-4-16-24(20)31(49)41(30(16)48)19-8-9-21(42)37-28(19)46/h3-5,12,15,19H,1-2,6-11,13-14H2,(H2,33,38)(H2,34,45)(H,35,43)(H,36,44)(H,37,42,46). The van der Waals surface area contributed by atoms with E-state index in [1.165, 1.54) is 28.8 Å². The molecule has 19 heteroatoms. The lowest BCUT2D eigenvalue weighted by atomic mass is 10.0. The zero-order valence-electron chi connectivity index (χ0n) is 27.1. The molecule has 1 saturated heterocycles. The Morgan fingerprint density at radius 2 is 1.67 bits per heavy atom. The quantitative estimate of drug-likeness (QED) is 0.0961. The van der Waals surface area contributed by atoms with Gasteiger partial charge in [-0.05, 0) is 50.3 Å². The highest BCUT2D eigenvalue weighted by Gasteiger charge is 2.46. The summed E-state index contributed by atoms with van der Waals surface area (Å²) in [5.41, 5.74) is 9.42. The van der Waals surface area contributed by atoms with E-state index >= 15 is 0 Å². The van der Waals surface area contributed by atoms with Crippen LogP contribution in [0.1, 0.15) is 75.6 Å². The first-order valence-corrected chi connectivity index (χ1v) is 16.1. The summed E-state index contributed by atoms with van der Waals surface area (Å²) in [7, 11) is 0. The SMILES string of the molecule is NC(=O)c1cc2c(=O)n(CC(=O)NCCCCNC(=O)COc3cccc4c3C(=O)N(C3CCC(=O)NC3=O)C4=O)c(=O)n(C3CC3)c2nc1N. The number of hydrogen-bond donors (Lipinski definition) is 5. The third-order valence-electron chi connectivity index (χ3n) is 8.69. The Balaban J connectivity index is 0.976. The summed E-state index contributed by atoms with van der Waals surface area (Å²) in [4.78, 5) is 118. The van der Waals surface area contributed by atoms with Crippen molar-refractivity contribution in [3.63, 3.8) is 0 Å². The van der Waals surface area contributed by atoms with E-state index in [2.05, 4.69) is 20.9 Å². The van der Waals surface area contributed by atoms with Crippen molar-refractivity contribution in [3.8, 4) is 5.75 Å². The van der Waals surface area contributed by atoms with Gasteiger partial charge in [0.1, 0.15) is 24.2 Å². The van der Waals surface area contributed by atoms with Crippen LogP contribution in [-0.4, -0.2) is 86.1 Å². The fourth-order valence-corrected chi connectivity index (χ4v) is 6.01. The van der Waals surface area contributed by atoms with Crippen molar-refractivity contribution in [3.05, 3.63) is 61.8 Å². The Bertz CT molecular complexity index is 2150. The molecule has 3 aliphatic rings. The van der Waals surface area contributed by atoms with Gasteiger partial charge in [-0.1, -0.05) is 6.07 Å². The first-order valence-electron chi connectivity index (χ1n) is 16.1. The summed E-state index contributed by atoms with van der Waals surface area (Å²) in [6, 6.07) is 4.12. The van der Waals surface area contributed by atoms with Crippen LogP contribution in [0, 0.1) is 0 Å². The summed E-state index contributed by atoms with van der Waals surface area (Å²) in [5, 5.41) is 7.35. The lowest BCUT2D eigenvalue weighted by molar-refractivity contribution is -0.136. The van der Waals surface area contributed by atoms with Crippen LogP contribution in [0.2, 0.25) is 0 Å². The Hall–Kier alpha value is -6.40. The molecule has 6 rings (SSSR count). The number of primary amides is 1. The summed E-state index contributed by atoms with van der Waals surface area (Å²) >= 11 is 0. The minimum Gasteiger partial charge on any atom is -0.483 e. The number of pyridine rings is 1. The predicted octanol–water partition coefficient (Wildman–Crippen LogP) is -1.93. The molecule has 2 fully saturated rings. The maximum absolute atomic E-state index is 13.2. The number of ether oxygens (including phenoxy) is 1. The first kappa shape index (κ1) is 34.5. The lowest BCUT2D eigenvalue weighted by Gasteiger charge is -2.27. The number of amides is 7. The molecule has 1 saturated carbocycles. The smallest absolute Gasteiger partial charge is 0.333 e. The van der Waals surface area contributed by atoms with Crippen molar-refractivity contribution >= 4 is 58.2 Å². The fourth-order valence-electron chi connectivity index (χ4n) is 6.01. The molecule has 1 atom stereocenters. The highest BCUT2D eigenvalue weighted by Crippen LogP contribution is 2.35. The number of imide groups is 2. The molecule has 0 spiro atoms. The van der Waals surface area contributed by atoms with E-state index in [1.54, 1.807) is 0 Å². The molecule has 7 amide bonds. The van der Waals surface area contributed by atoms with Crippen molar-refractivity contribution in [2.75, 3.05) is 25.4 Å². The van der Waals surface area contributed by atoms with E-state index in [9.17, 15) is 43.2 Å². The second kappa shape index (κ2) is 13.8. The third kappa shape index (κ3) is 6.77. The maximum Gasteiger partial charge on any atom is 0.333 e. The molecule has 1 unspecified atom stereocenters. The van der Waals surface area contributed by atoms with Gasteiger partial charge in [-0.2, -0.15) is 0 Å². The number of nitrogens with zero attached hydrogens (tertiary/aromatic N) is 4. The summed E-state index contributed by atoms with van der Waals surface area (Å²) in [6.45, 7) is -0.674. The van der Waals surface area contributed by atoms with Crippen molar-refractivity contribution in [1.29, 1.82) is 0 Å². The van der Waals surface area contributed by atoms with Gasteiger partial charge in [0.15, 0.2) is 12.3 Å². The van der Waals surface area contributed by atoms with E-state index in [-0.39, 0.29) is 71.3 Å². The minimum atomic E-state index is -1.14. The van der Waals surface area contributed by atoms with E-state index in [0.717, 1.165) is 9.47 Å². The summed E-state index contributed by atoms with van der Waals surface area (Å²) in [6.07, 6.45) is 2.18. The van der Waals surface area contributed by atoms with Gasteiger partial charge in [0.25, 0.3) is 29.2 Å². The topological polar surface area (TPSA) is 277 Å². The van der Waals surface area contributed by atoms with Gasteiger partial charge in [0.2, 0.25) is 17.7 Å². The van der Waals surface area contributed by atoms with Crippen LogP contribution < -0.4 is 43.4 Å². The number of nitrogen functional groups attached to an aromatic ring is 1. The number of aromatic nitrogens is 3.